The minimum absolute atomic E-state index is 0.0880. The molecular formula is C27H16BrF3O7. The number of esters is 1. The zero-order valence-corrected chi connectivity index (χ0v) is 21.0. The quantitative estimate of drug-likeness (QED) is 0.148. The highest BCUT2D eigenvalue weighted by Crippen LogP contribution is 2.40. The van der Waals surface area contributed by atoms with Gasteiger partial charge in [0.05, 0.1) is 12.0 Å². The van der Waals surface area contributed by atoms with Crippen molar-refractivity contribution in [3.8, 4) is 23.0 Å². The van der Waals surface area contributed by atoms with E-state index >= 15 is 0 Å². The third kappa shape index (κ3) is 4.97. The van der Waals surface area contributed by atoms with Crippen LogP contribution in [0.4, 0.5) is 13.2 Å². The molecule has 38 heavy (non-hydrogen) atoms. The Labute approximate surface area is 220 Å². The van der Waals surface area contributed by atoms with Gasteiger partial charge in [-0.15, -0.1) is 0 Å². The van der Waals surface area contributed by atoms with Crippen molar-refractivity contribution < 1.29 is 41.0 Å². The maximum Gasteiger partial charge on any atom is 0.453 e. The summed E-state index contributed by atoms with van der Waals surface area (Å²) < 4.78 is 69.2. The summed E-state index contributed by atoms with van der Waals surface area (Å²) in [7, 11) is 0. The average Bonchev–Trinajstić information content (AvgIpc) is 3.29. The molecule has 5 rings (SSSR count). The normalized spacial score (nSPS) is 11.6. The topological polar surface area (TPSA) is 88.1 Å². The Hall–Kier alpha value is -4.25. The molecule has 0 bridgehead atoms. The molecule has 0 saturated carbocycles. The second-order valence-corrected chi connectivity index (χ2v) is 8.82. The van der Waals surface area contributed by atoms with Crippen molar-refractivity contribution in [3.05, 3.63) is 92.9 Å². The highest BCUT2D eigenvalue weighted by molar-refractivity contribution is 9.10. The lowest BCUT2D eigenvalue weighted by atomic mass is 10.2. The van der Waals surface area contributed by atoms with Crippen molar-refractivity contribution in [1.29, 1.82) is 0 Å². The van der Waals surface area contributed by atoms with Crippen LogP contribution in [0.1, 0.15) is 23.2 Å². The van der Waals surface area contributed by atoms with Gasteiger partial charge in [0.2, 0.25) is 16.9 Å². The summed E-state index contributed by atoms with van der Waals surface area (Å²) in [5, 5.41) is 0.430. The molecule has 7 nitrogen and oxygen atoms in total. The lowest BCUT2D eigenvalue weighted by Gasteiger charge is -2.15. The van der Waals surface area contributed by atoms with Gasteiger partial charge in [-0.25, -0.2) is 4.79 Å². The van der Waals surface area contributed by atoms with Gasteiger partial charge in [0.15, 0.2) is 11.5 Å². The number of hydrogen-bond acceptors (Lipinski definition) is 7. The Bertz CT molecular complexity index is 1740. The monoisotopic (exact) mass is 588 g/mol. The van der Waals surface area contributed by atoms with Crippen molar-refractivity contribution in [2.24, 2.45) is 0 Å². The molecule has 2 aromatic heterocycles. The van der Waals surface area contributed by atoms with Gasteiger partial charge in [-0.1, -0.05) is 28.1 Å². The van der Waals surface area contributed by atoms with Crippen LogP contribution in [0.15, 0.2) is 84.8 Å². The van der Waals surface area contributed by atoms with E-state index in [2.05, 4.69) is 15.9 Å². The fraction of sp³-hybridized carbons (Fsp3) is 0.111. The third-order valence-corrected chi connectivity index (χ3v) is 5.82. The molecule has 0 amide bonds. The summed E-state index contributed by atoms with van der Waals surface area (Å²) in [5.41, 5.74) is -1.07. The van der Waals surface area contributed by atoms with Crippen LogP contribution < -0.4 is 19.6 Å². The van der Waals surface area contributed by atoms with E-state index in [4.69, 9.17) is 23.0 Å². The molecule has 0 spiro atoms. The van der Waals surface area contributed by atoms with Crippen LogP contribution in [0.5, 0.6) is 23.0 Å². The second kappa shape index (κ2) is 9.90. The minimum Gasteiger partial charge on any atom is -0.490 e. The van der Waals surface area contributed by atoms with Crippen LogP contribution in [0.25, 0.3) is 21.9 Å². The van der Waals surface area contributed by atoms with Gasteiger partial charge >= 0.3 is 12.1 Å². The average molecular weight is 589 g/mol. The summed E-state index contributed by atoms with van der Waals surface area (Å²) in [5.74, 6) is -3.79. The summed E-state index contributed by atoms with van der Waals surface area (Å²) in [6.07, 6.45) is -5.07. The lowest BCUT2D eigenvalue weighted by Crippen LogP contribution is -2.16. The molecule has 0 aliphatic rings. The largest absolute Gasteiger partial charge is 0.490 e. The first-order chi connectivity index (χ1) is 18.1. The molecular weight excluding hydrogens is 573 g/mol. The minimum atomic E-state index is -5.07. The Morgan fingerprint density at radius 1 is 0.947 bits per heavy atom. The molecule has 0 unspecified atom stereocenters. The van der Waals surface area contributed by atoms with E-state index in [1.807, 2.05) is 0 Å². The Kier molecular flexibility index (Phi) is 6.62. The molecule has 0 aliphatic carbocycles. The van der Waals surface area contributed by atoms with Crippen molar-refractivity contribution in [2.45, 2.75) is 13.1 Å². The van der Waals surface area contributed by atoms with Crippen molar-refractivity contribution in [3.63, 3.8) is 0 Å². The summed E-state index contributed by atoms with van der Waals surface area (Å²) in [6, 6.07) is 16.0. The molecule has 5 aromatic rings. The van der Waals surface area contributed by atoms with Gasteiger partial charge in [-0.2, -0.15) is 13.2 Å². The first kappa shape index (κ1) is 25.4. The van der Waals surface area contributed by atoms with Crippen LogP contribution in [0.2, 0.25) is 0 Å². The molecule has 0 saturated heterocycles. The van der Waals surface area contributed by atoms with Crippen LogP contribution in [0.3, 0.4) is 0 Å². The number of alkyl halides is 3. The van der Waals surface area contributed by atoms with Gasteiger partial charge in [-0.3, -0.25) is 4.79 Å². The number of furan rings is 1. The Morgan fingerprint density at radius 2 is 1.71 bits per heavy atom. The number of hydrogen-bond donors (Lipinski definition) is 0. The molecule has 0 atom stereocenters. The van der Waals surface area contributed by atoms with Gasteiger partial charge in [0, 0.05) is 15.9 Å². The number of ether oxygens (including phenoxy) is 3. The van der Waals surface area contributed by atoms with E-state index in [9.17, 15) is 22.8 Å². The number of rotatable bonds is 6. The fourth-order valence-electron chi connectivity index (χ4n) is 3.69. The SMILES string of the molecule is CCOc1ccccc1Oc1c(C(F)(F)F)oc2cc(OC(=O)c3cc4cc(Br)ccc4o3)ccc2c1=O. The van der Waals surface area contributed by atoms with Gasteiger partial charge < -0.3 is 23.0 Å². The zero-order valence-electron chi connectivity index (χ0n) is 19.4. The van der Waals surface area contributed by atoms with Crippen LogP contribution in [-0.2, 0) is 6.18 Å². The van der Waals surface area contributed by atoms with E-state index in [1.165, 1.54) is 36.4 Å². The summed E-state index contributed by atoms with van der Waals surface area (Å²) in [4.78, 5) is 25.7. The standard InChI is InChI=1S/C27H16BrF3O7/c1-2-34-19-5-3-4-6-20(19)37-24-23(32)17-9-8-16(13-21(17)38-25(24)27(29,30)31)35-26(33)22-12-14-11-15(28)7-10-18(14)36-22/h3-13H,2H2,1H3. The Morgan fingerprint density at radius 3 is 2.45 bits per heavy atom. The van der Waals surface area contributed by atoms with E-state index in [-0.39, 0.29) is 35.0 Å². The smallest absolute Gasteiger partial charge is 0.453 e. The highest BCUT2D eigenvalue weighted by Gasteiger charge is 2.41. The molecule has 0 radical (unpaired) electrons. The molecule has 2 heterocycles. The molecule has 0 fully saturated rings. The molecule has 194 valence electrons. The maximum atomic E-state index is 13.9. The van der Waals surface area contributed by atoms with Crippen molar-refractivity contribution in [2.75, 3.05) is 6.61 Å². The predicted molar refractivity (Wildman–Crippen MR) is 134 cm³/mol. The van der Waals surface area contributed by atoms with Crippen LogP contribution in [-0.4, -0.2) is 12.6 Å². The van der Waals surface area contributed by atoms with Crippen molar-refractivity contribution in [1.82, 2.24) is 0 Å². The summed E-state index contributed by atoms with van der Waals surface area (Å²) in [6.45, 7) is 1.92. The van der Waals surface area contributed by atoms with Crippen LogP contribution >= 0.6 is 15.9 Å². The third-order valence-electron chi connectivity index (χ3n) is 5.33. The summed E-state index contributed by atoms with van der Waals surface area (Å²) >= 11 is 3.33. The second-order valence-electron chi connectivity index (χ2n) is 7.91. The first-order valence-electron chi connectivity index (χ1n) is 11.1. The van der Waals surface area contributed by atoms with E-state index in [0.717, 1.165) is 10.5 Å². The van der Waals surface area contributed by atoms with E-state index < -0.39 is 34.7 Å². The van der Waals surface area contributed by atoms with Gasteiger partial charge in [0.25, 0.3) is 5.76 Å². The van der Waals surface area contributed by atoms with Crippen molar-refractivity contribution >= 4 is 43.8 Å². The van der Waals surface area contributed by atoms with E-state index in [1.54, 1.807) is 31.2 Å². The number of benzene rings is 3. The number of fused-ring (bicyclic) bond motifs is 2. The number of carbonyl (C=O) groups excluding carboxylic acids is 1. The van der Waals surface area contributed by atoms with E-state index in [0.29, 0.717) is 11.0 Å². The molecule has 3 aromatic carbocycles. The molecule has 0 N–H and O–H groups in total. The first-order valence-corrected chi connectivity index (χ1v) is 11.9. The van der Waals surface area contributed by atoms with Crippen LogP contribution in [0, 0.1) is 0 Å². The zero-order chi connectivity index (χ0) is 27.0. The number of carbonyl (C=O) groups is 1. The van der Waals surface area contributed by atoms with Gasteiger partial charge in [0.1, 0.15) is 16.9 Å². The Balaban J connectivity index is 1.52. The molecule has 0 aliphatic heterocycles. The lowest BCUT2D eigenvalue weighted by molar-refractivity contribution is -0.154. The number of halogens is 4. The molecule has 11 heteroatoms. The predicted octanol–water partition coefficient (Wildman–Crippen LogP) is 7.73. The van der Waals surface area contributed by atoms with Gasteiger partial charge in [-0.05, 0) is 55.5 Å². The maximum absolute atomic E-state index is 13.9. The fourth-order valence-corrected chi connectivity index (χ4v) is 4.07. The number of para-hydroxylation sites is 2. The highest BCUT2D eigenvalue weighted by atomic mass is 79.9.